The molecule has 0 atom stereocenters. The van der Waals surface area contributed by atoms with Gasteiger partial charge in [-0.2, -0.15) is 0 Å². The highest BCUT2D eigenvalue weighted by molar-refractivity contribution is 9.10. The molecule has 1 heterocycles. The topological polar surface area (TPSA) is 46.2 Å². The zero-order valence-electron chi connectivity index (χ0n) is 9.28. The van der Waals surface area contributed by atoms with E-state index in [1.54, 1.807) is 17.5 Å². The fourth-order valence-electron chi connectivity index (χ4n) is 1.37. The van der Waals surface area contributed by atoms with Gasteiger partial charge in [0, 0.05) is 8.95 Å². The SMILES string of the molecule is Cc1ccc(Br)cc1NS(=O)(=O)c1sccc1Br. The summed E-state index contributed by atoms with van der Waals surface area (Å²) < 4.78 is 28.7. The van der Waals surface area contributed by atoms with Gasteiger partial charge in [-0.05, 0) is 52.0 Å². The minimum atomic E-state index is -3.54. The summed E-state index contributed by atoms with van der Waals surface area (Å²) in [7, 11) is -3.54. The molecule has 1 aromatic carbocycles. The van der Waals surface area contributed by atoms with Crippen molar-refractivity contribution in [2.45, 2.75) is 11.1 Å². The first-order valence-electron chi connectivity index (χ1n) is 4.92. The quantitative estimate of drug-likeness (QED) is 0.815. The number of hydrogen-bond donors (Lipinski definition) is 1. The third-order valence-corrected chi connectivity index (χ3v) is 6.80. The maximum atomic E-state index is 12.2. The van der Waals surface area contributed by atoms with Crippen molar-refractivity contribution in [2.24, 2.45) is 0 Å². The van der Waals surface area contributed by atoms with E-state index in [1.165, 1.54) is 11.3 Å². The van der Waals surface area contributed by atoms with Crippen LogP contribution in [0, 0.1) is 6.92 Å². The van der Waals surface area contributed by atoms with E-state index in [9.17, 15) is 8.42 Å². The van der Waals surface area contributed by atoms with Gasteiger partial charge in [-0.3, -0.25) is 4.72 Å². The van der Waals surface area contributed by atoms with Crippen molar-refractivity contribution in [1.29, 1.82) is 0 Å². The highest BCUT2D eigenvalue weighted by Crippen LogP contribution is 2.30. The Morgan fingerprint density at radius 1 is 1.22 bits per heavy atom. The molecule has 96 valence electrons. The maximum Gasteiger partial charge on any atom is 0.272 e. The number of hydrogen-bond acceptors (Lipinski definition) is 3. The lowest BCUT2D eigenvalue weighted by Crippen LogP contribution is -2.12. The van der Waals surface area contributed by atoms with Gasteiger partial charge in [0.1, 0.15) is 0 Å². The number of anilines is 1. The summed E-state index contributed by atoms with van der Waals surface area (Å²) >= 11 is 7.73. The van der Waals surface area contributed by atoms with E-state index >= 15 is 0 Å². The Bertz CT molecular complexity index is 680. The van der Waals surface area contributed by atoms with E-state index in [2.05, 4.69) is 36.6 Å². The van der Waals surface area contributed by atoms with Crippen molar-refractivity contribution in [3.8, 4) is 0 Å². The summed E-state index contributed by atoms with van der Waals surface area (Å²) in [6.07, 6.45) is 0. The zero-order chi connectivity index (χ0) is 13.3. The highest BCUT2D eigenvalue weighted by Gasteiger charge is 2.19. The Balaban J connectivity index is 2.40. The molecule has 7 heteroatoms. The van der Waals surface area contributed by atoms with Crippen LogP contribution in [0.25, 0.3) is 0 Å². The summed E-state index contributed by atoms with van der Waals surface area (Å²) in [5.74, 6) is 0. The normalized spacial score (nSPS) is 11.5. The Hall–Kier alpha value is -0.370. The van der Waals surface area contributed by atoms with E-state index < -0.39 is 10.0 Å². The zero-order valence-corrected chi connectivity index (χ0v) is 14.1. The first-order chi connectivity index (χ1) is 8.40. The Morgan fingerprint density at radius 2 is 1.94 bits per heavy atom. The summed E-state index contributed by atoms with van der Waals surface area (Å²) in [4.78, 5) is 0. The van der Waals surface area contributed by atoms with Gasteiger partial charge in [0.15, 0.2) is 4.21 Å². The molecule has 0 amide bonds. The second-order valence-electron chi connectivity index (χ2n) is 3.62. The van der Waals surface area contributed by atoms with Crippen molar-refractivity contribution in [1.82, 2.24) is 0 Å². The summed E-state index contributed by atoms with van der Waals surface area (Å²) in [5.41, 5.74) is 1.44. The van der Waals surface area contributed by atoms with Crippen molar-refractivity contribution >= 4 is 58.9 Å². The van der Waals surface area contributed by atoms with Crippen LogP contribution in [0.5, 0.6) is 0 Å². The van der Waals surface area contributed by atoms with Crippen molar-refractivity contribution < 1.29 is 8.42 Å². The van der Waals surface area contributed by atoms with Crippen LogP contribution in [0.4, 0.5) is 5.69 Å². The van der Waals surface area contributed by atoms with Gasteiger partial charge in [0.25, 0.3) is 10.0 Å². The number of benzene rings is 1. The van der Waals surface area contributed by atoms with Crippen molar-refractivity contribution in [3.63, 3.8) is 0 Å². The molecule has 0 radical (unpaired) electrons. The lowest BCUT2D eigenvalue weighted by molar-refractivity contribution is 0.603. The smallest absolute Gasteiger partial charge is 0.272 e. The van der Waals surface area contributed by atoms with Crippen LogP contribution in [0.2, 0.25) is 0 Å². The summed E-state index contributed by atoms with van der Waals surface area (Å²) in [5, 5.41) is 1.73. The van der Waals surface area contributed by atoms with Gasteiger partial charge < -0.3 is 0 Å². The molecule has 0 aliphatic carbocycles. The number of nitrogens with one attached hydrogen (secondary N) is 1. The summed E-state index contributed by atoms with van der Waals surface area (Å²) in [6, 6.07) is 7.18. The monoisotopic (exact) mass is 409 g/mol. The van der Waals surface area contributed by atoms with Gasteiger partial charge in [0.05, 0.1) is 5.69 Å². The molecule has 0 saturated carbocycles. The van der Waals surface area contributed by atoms with Crippen LogP contribution in [-0.2, 0) is 10.0 Å². The van der Waals surface area contributed by atoms with E-state index in [0.29, 0.717) is 10.2 Å². The minimum absolute atomic E-state index is 0.280. The van der Waals surface area contributed by atoms with E-state index in [1.807, 2.05) is 19.1 Å². The number of halogens is 2. The first kappa shape index (κ1) is 14.0. The van der Waals surface area contributed by atoms with Crippen molar-refractivity contribution in [2.75, 3.05) is 4.72 Å². The molecular formula is C11H9Br2NO2S2. The average Bonchev–Trinajstić information content (AvgIpc) is 2.70. The molecule has 0 bridgehead atoms. The van der Waals surface area contributed by atoms with E-state index in [-0.39, 0.29) is 4.21 Å². The second-order valence-corrected chi connectivity index (χ2v) is 8.18. The predicted molar refractivity (Wildman–Crippen MR) is 81.7 cm³/mol. The van der Waals surface area contributed by atoms with E-state index in [0.717, 1.165) is 10.0 Å². The average molecular weight is 411 g/mol. The standard InChI is InChI=1S/C11H9Br2NO2S2/c1-7-2-3-8(12)6-10(7)14-18(15,16)11-9(13)4-5-17-11/h2-6,14H,1H3. The Labute approximate surface area is 127 Å². The lowest BCUT2D eigenvalue weighted by Gasteiger charge is -2.10. The third kappa shape index (κ3) is 2.96. The van der Waals surface area contributed by atoms with Gasteiger partial charge in [-0.1, -0.05) is 22.0 Å². The first-order valence-corrected chi connectivity index (χ1v) is 8.87. The number of thiophene rings is 1. The Morgan fingerprint density at radius 3 is 2.56 bits per heavy atom. The second kappa shape index (κ2) is 5.32. The Kier molecular flexibility index (Phi) is 4.15. The molecule has 3 nitrogen and oxygen atoms in total. The highest BCUT2D eigenvalue weighted by atomic mass is 79.9. The van der Waals surface area contributed by atoms with Gasteiger partial charge >= 0.3 is 0 Å². The molecule has 0 spiro atoms. The van der Waals surface area contributed by atoms with Crippen LogP contribution < -0.4 is 4.72 Å². The molecule has 0 unspecified atom stereocenters. The van der Waals surface area contributed by atoms with Crippen LogP contribution >= 0.6 is 43.2 Å². The predicted octanol–water partition coefficient (Wildman–Crippen LogP) is 4.38. The van der Waals surface area contributed by atoms with Crippen LogP contribution in [0.3, 0.4) is 0 Å². The van der Waals surface area contributed by atoms with Crippen LogP contribution in [-0.4, -0.2) is 8.42 Å². The number of sulfonamides is 1. The van der Waals surface area contributed by atoms with Gasteiger partial charge in [0.2, 0.25) is 0 Å². The molecule has 0 saturated heterocycles. The molecule has 0 aliphatic heterocycles. The third-order valence-electron chi connectivity index (χ3n) is 2.27. The molecule has 2 aromatic rings. The largest absolute Gasteiger partial charge is 0.279 e. The number of aryl methyl sites for hydroxylation is 1. The molecular weight excluding hydrogens is 402 g/mol. The van der Waals surface area contributed by atoms with Crippen LogP contribution in [0.15, 0.2) is 42.8 Å². The van der Waals surface area contributed by atoms with E-state index in [4.69, 9.17) is 0 Å². The fraction of sp³-hybridized carbons (Fsp3) is 0.0909. The minimum Gasteiger partial charge on any atom is -0.279 e. The lowest BCUT2D eigenvalue weighted by atomic mass is 10.2. The molecule has 2 rings (SSSR count). The molecule has 18 heavy (non-hydrogen) atoms. The molecule has 0 aliphatic rings. The summed E-state index contributed by atoms with van der Waals surface area (Å²) in [6.45, 7) is 1.85. The van der Waals surface area contributed by atoms with Crippen molar-refractivity contribution in [3.05, 3.63) is 44.2 Å². The maximum absolute atomic E-state index is 12.2. The molecule has 1 aromatic heterocycles. The molecule has 1 N–H and O–H groups in total. The van der Waals surface area contributed by atoms with Gasteiger partial charge in [-0.15, -0.1) is 11.3 Å². The molecule has 0 fully saturated rings. The van der Waals surface area contributed by atoms with Crippen LogP contribution in [0.1, 0.15) is 5.56 Å². The van der Waals surface area contributed by atoms with Gasteiger partial charge in [-0.25, -0.2) is 8.42 Å². The number of rotatable bonds is 3. The fourth-order valence-corrected chi connectivity index (χ4v) is 5.19.